The third-order valence-corrected chi connectivity index (χ3v) is 8.57. The van der Waals surface area contributed by atoms with Gasteiger partial charge in [-0.3, -0.25) is 19.4 Å². The van der Waals surface area contributed by atoms with E-state index >= 15 is 0 Å². The maximum absolute atomic E-state index is 13.6. The molecule has 10 nitrogen and oxygen atoms in total. The second-order valence-corrected chi connectivity index (χ2v) is 10.7. The van der Waals surface area contributed by atoms with Crippen molar-refractivity contribution < 1.29 is 33.4 Å². The first-order chi connectivity index (χ1) is 17.7. The van der Waals surface area contributed by atoms with E-state index in [0.717, 1.165) is 46.7 Å². The van der Waals surface area contributed by atoms with Gasteiger partial charge in [-0.15, -0.1) is 0 Å². The molecule has 1 aliphatic carbocycles. The lowest BCUT2D eigenvalue weighted by molar-refractivity contribution is -0.244. The number of hydrogen-bond acceptors (Lipinski definition) is 8. The molecule has 0 bridgehead atoms. The molecule has 3 saturated heterocycles. The van der Waals surface area contributed by atoms with Gasteiger partial charge in [0.2, 0.25) is 11.8 Å². The number of amides is 4. The first-order valence-electron chi connectivity index (χ1n) is 12.9. The number of fused-ring (bicyclic) bond motifs is 4. The lowest BCUT2D eigenvalue weighted by atomic mass is 9.68. The Bertz CT molecular complexity index is 1230. The van der Waals surface area contributed by atoms with Gasteiger partial charge in [0.05, 0.1) is 6.04 Å². The Morgan fingerprint density at radius 1 is 0.892 bits per heavy atom. The zero-order valence-corrected chi connectivity index (χ0v) is 21.0. The summed E-state index contributed by atoms with van der Waals surface area (Å²) in [7, 11) is 2.81. The third kappa shape index (κ3) is 3.34. The Balaban J connectivity index is 1.37. The molecule has 0 aromatic heterocycles. The molecule has 6 rings (SSSR count). The highest BCUT2D eigenvalue weighted by Crippen LogP contribution is 2.49. The van der Waals surface area contributed by atoms with E-state index in [1.54, 1.807) is 12.1 Å². The fourth-order valence-corrected chi connectivity index (χ4v) is 6.76. The maximum atomic E-state index is 13.6. The normalized spacial score (nSPS) is 26.3. The Kier molecular flexibility index (Phi) is 5.22. The number of nitrogens with zero attached hydrogens (tertiary/aromatic N) is 3. The zero-order valence-electron chi connectivity index (χ0n) is 21.0. The Morgan fingerprint density at radius 3 is 2.19 bits per heavy atom. The molecule has 1 aromatic carbocycles. The number of imide groups is 2. The summed E-state index contributed by atoms with van der Waals surface area (Å²) < 4.78 is 11.2. The van der Waals surface area contributed by atoms with Gasteiger partial charge in [0.25, 0.3) is 5.79 Å². The molecule has 0 unspecified atom stereocenters. The van der Waals surface area contributed by atoms with Crippen LogP contribution in [0.4, 0.5) is 10.5 Å². The molecule has 5 aliphatic rings. The monoisotopic (exact) mass is 507 g/mol. The number of rotatable bonds is 1. The smallest absolute Gasteiger partial charge is 0.348 e. The Labute approximate surface area is 214 Å². The zero-order chi connectivity index (χ0) is 26.1. The van der Waals surface area contributed by atoms with Crippen LogP contribution in [0.1, 0.15) is 56.1 Å². The molecule has 10 heteroatoms. The standard InChI is InChI=1S/C27H29N3O7/c1-28-23(33)27(24(34)29(2)25(28)35)15-17-13-16(8-9-19(17)30-12-6-7-20(27)30)14-18-21(31)36-26(37-22(18)32)10-4-3-5-11-26/h8-9,13-14,20H,3-7,10-12,15H2,1-2H3/t20-/m0/s1. The van der Waals surface area contributed by atoms with Gasteiger partial charge < -0.3 is 14.4 Å². The van der Waals surface area contributed by atoms with Crippen molar-refractivity contribution in [1.82, 2.24) is 9.80 Å². The minimum absolute atomic E-state index is 0.123. The minimum Gasteiger partial charge on any atom is -0.419 e. The largest absolute Gasteiger partial charge is 0.419 e. The number of esters is 2. The molecule has 1 saturated carbocycles. The lowest BCUT2D eigenvalue weighted by Crippen LogP contribution is -2.70. The van der Waals surface area contributed by atoms with E-state index in [0.29, 0.717) is 31.4 Å². The quantitative estimate of drug-likeness (QED) is 0.246. The highest BCUT2D eigenvalue weighted by Gasteiger charge is 2.63. The molecule has 4 amide bonds. The summed E-state index contributed by atoms with van der Waals surface area (Å²) in [6, 6.07) is 4.50. The summed E-state index contributed by atoms with van der Waals surface area (Å²) in [6.45, 7) is 0.683. The first-order valence-corrected chi connectivity index (χ1v) is 12.9. The van der Waals surface area contributed by atoms with Crippen LogP contribution in [-0.2, 0) is 35.1 Å². The van der Waals surface area contributed by atoms with Crippen LogP contribution >= 0.6 is 0 Å². The van der Waals surface area contributed by atoms with Crippen LogP contribution in [0.5, 0.6) is 0 Å². The van der Waals surface area contributed by atoms with Gasteiger partial charge in [-0.25, -0.2) is 14.4 Å². The number of benzene rings is 1. The van der Waals surface area contributed by atoms with Gasteiger partial charge in [0.1, 0.15) is 5.57 Å². The topological polar surface area (TPSA) is 114 Å². The predicted molar refractivity (Wildman–Crippen MR) is 130 cm³/mol. The number of carbonyl (C=O) groups excluding carboxylic acids is 5. The molecule has 37 heavy (non-hydrogen) atoms. The average Bonchev–Trinajstić information content (AvgIpc) is 3.38. The summed E-state index contributed by atoms with van der Waals surface area (Å²) in [4.78, 5) is 69.4. The molecule has 0 N–H and O–H groups in total. The predicted octanol–water partition coefficient (Wildman–Crippen LogP) is 2.39. The third-order valence-electron chi connectivity index (χ3n) is 8.57. The van der Waals surface area contributed by atoms with Gasteiger partial charge in [-0.2, -0.15) is 0 Å². The first kappa shape index (κ1) is 23.7. The molecular weight excluding hydrogens is 478 g/mol. The van der Waals surface area contributed by atoms with Crippen LogP contribution in [0.2, 0.25) is 0 Å². The average molecular weight is 508 g/mol. The van der Waals surface area contributed by atoms with Crippen LogP contribution in [-0.4, -0.2) is 72.1 Å². The minimum atomic E-state index is -1.41. The summed E-state index contributed by atoms with van der Waals surface area (Å²) in [5.41, 5.74) is 0.613. The fraction of sp³-hybridized carbons (Fsp3) is 0.519. The second kappa shape index (κ2) is 8.16. The molecule has 4 fully saturated rings. The molecule has 4 heterocycles. The molecule has 2 spiro atoms. The fourth-order valence-electron chi connectivity index (χ4n) is 6.76. The molecule has 1 aromatic rings. The van der Waals surface area contributed by atoms with Gasteiger partial charge in [0, 0.05) is 39.2 Å². The number of hydrogen-bond donors (Lipinski definition) is 0. The van der Waals surface area contributed by atoms with Gasteiger partial charge in [0.15, 0.2) is 5.41 Å². The van der Waals surface area contributed by atoms with Crippen molar-refractivity contribution in [2.75, 3.05) is 25.5 Å². The number of urea groups is 1. The Hall–Kier alpha value is -3.69. The van der Waals surface area contributed by atoms with Crippen molar-refractivity contribution in [2.45, 2.75) is 63.2 Å². The van der Waals surface area contributed by atoms with Gasteiger partial charge >= 0.3 is 18.0 Å². The van der Waals surface area contributed by atoms with Crippen molar-refractivity contribution in [2.24, 2.45) is 5.41 Å². The van der Waals surface area contributed by atoms with Crippen molar-refractivity contribution in [3.8, 4) is 0 Å². The van der Waals surface area contributed by atoms with Crippen molar-refractivity contribution in [1.29, 1.82) is 0 Å². The van der Waals surface area contributed by atoms with Crippen LogP contribution in [0.3, 0.4) is 0 Å². The molecule has 1 atom stereocenters. The van der Waals surface area contributed by atoms with E-state index in [4.69, 9.17) is 9.47 Å². The summed E-state index contributed by atoms with van der Waals surface area (Å²) in [5.74, 6) is -3.56. The molecule has 0 radical (unpaired) electrons. The van der Waals surface area contributed by atoms with E-state index in [1.165, 1.54) is 20.2 Å². The van der Waals surface area contributed by atoms with Gasteiger partial charge in [-0.1, -0.05) is 12.5 Å². The highest BCUT2D eigenvalue weighted by atomic mass is 16.7. The Morgan fingerprint density at radius 2 is 1.54 bits per heavy atom. The van der Waals surface area contributed by atoms with E-state index in [-0.39, 0.29) is 18.0 Å². The summed E-state index contributed by atoms with van der Waals surface area (Å²) >= 11 is 0. The summed E-state index contributed by atoms with van der Waals surface area (Å²) in [6.07, 6.45) is 6.73. The van der Waals surface area contributed by atoms with Crippen molar-refractivity contribution in [3.63, 3.8) is 0 Å². The number of barbiturate groups is 1. The highest BCUT2D eigenvalue weighted by molar-refractivity contribution is 6.20. The summed E-state index contributed by atoms with van der Waals surface area (Å²) in [5, 5.41) is 0. The van der Waals surface area contributed by atoms with E-state index < -0.39 is 41.0 Å². The SMILES string of the molecule is CN1C(=O)N(C)C(=O)C2(Cc3cc(C=C4C(=O)OC5(CCCCC5)OC4=O)ccc3N3CCC[C@H]32)C1=O. The second-order valence-electron chi connectivity index (χ2n) is 10.7. The lowest BCUT2D eigenvalue weighted by Gasteiger charge is -2.50. The van der Waals surface area contributed by atoms with Gasteiger partial charge in [-0.05, 0) is 61.4 Å². The molecule has 194 valence electrons. The molecule has 4 aliphatic heterocycles. The molecular formula is C27H29N3O7. The van der Waals surface area contributed by atoms with E-state index in [1.807, 2.05) is 6.07 Å². The van der Waals surface area contributed by atoms with E-state index in [2.05, 4.69) is 4.90 Å². The van der Waals surface area contributed by atoms with Crippen molar-refractivity contribution >= 4 is 41.5 Å². The van der Waals surface area contributed by atoms with Crippen LogP contribution in [0.15, 0.2) is 23.8 Å². The van der Waals surface area contributed by atoms with Crippen molar-refractivity contribution in [3.05, 3.63) is 34.9 Å². The van der Waals surface area contributed by atoms with E-state index in [9.17, 15) is 24.0 Å². The number of anilines is 1. The van der Waals surface area contributed by atoms with Crippen LogP contribution in [0.25, 0.3) is 6.08 Å². The number of ether oxygens (including phenoxy) is 2. The maximum Gasteiger partial charge on any atom is 0.348 e. The van der Waals surface area contributed by atoms with Crippen LogP contribution in [0, 0.1) is 5.41 Å². The van der Waals surface area contributed by atoms with Crippen LogP contribution < -0.4 is 4.90 Å². The number of carbonyl (C=O) groups is 5.